The highest BCUT2D eigenvalue weighted by Crippen LogP contribution is 2.30. The summed E-state index contributed by atoms with van der Waals surface area (Å²) in [6.45, 7) is 5.04. The molecular weight excluding hydrogens is 258 g/mol. The van der Waals surface area contributed by atoms with Crippen molar-refractivity contribution in [3.05, 3.63) is 0 Å². The zero-order valence-electron chi connectivity index (χ0n) is 10.8. The van der Waals surface area contributed by atoms with E-state index >= 15 is 0 Å². The quantitative estimate of drug-likeness (QED) is 0.756. The fourth-order valence-electron chi connectivity index (χ4n) is 1.80. The van der Waals surface area contributed by atoms with Crippen molar-refractivity contribution >= 4 is 16.3 Å². The molecule has 1 aliphatic rings. The maximum atomic E-state index is 11.9. The summed E-state index contributed by atoms with van der Waals surface area (Å²) in [6, 6.07) is 0. The second kappa shape index (κ2) is 5.85. The van der Waals surface area contributed by atoms with E-state index < -0.39 is 16.3 Å². The second-order valence-corrected chi connectivity index (χ2v) is 6.41. The molecule has 0 atom stereocenters. The standard InChI is InChI=1S/C10H21N3O4S/c1-3-17-9(14)12-18(15,16)13-6-4-10(2,8-11)5-7-13/h3-8,11H2,1-2H3,(H,12,14). The first-order valence-electron chi connectivity index (χ1n) is 5.98. The molecule has 18 heavy (non-hydrogen) atoms. The van der Waals surface area contributed by atoms with Crippen molar-refractivity contribution in [2.75, 3.05) is 26.2 Å². The predicted octanol–water partition coefficient (Wildman–Crippen LogP) is 0.0381. The highest BCUT2D eigenvalue weighted by molar-refractivity contribution is 7.87. The van der Waals surface area contributed by atoms with E-state index in [1.165, 1.54) is 4.31 Å². The predicted molar refractivity (Wildman–Crippen MR) is 67.0 cm³/mol. The summed E-state index contributed by atoms with van der Waals surface area (Å²) >= 11 is 0. The minimum atomic E-state index is -3.80. The monoisotopic (exact) mass is 279 g/mol. The molecule has 1 aliphatic heterocycles. The van der Waals surface area contributed by atoms with Gasteiger partial charge >= 0.3 is 16.3 Å². The Balaban J connectivity index is 2.58. The molecule has 0 unspecified atom stereocenters. The molecule has 1 fully saturated rings. The van der Waals surface area contributed by atoms with E-state index in [9.17, 15) is 13.2 Å². The number of carbonyl (C=O) groups is 1. The third-order valence-corrected chi connectivity index (χ3v) is 4.72. The fraction of sp³-hybridized carbons (Fsp3) is 0.900. The lowest BCUT2D eigenvalue weighted by Gasteiger charge is -2.37. The summed E-state index contributed by atoms with van der Waals surface area (Å²) in [6.07, 6.45) is 0.435. The Hall–Kier alpha value is -0.860. The molecule has 0 aromatic heterocycles. The van der Waals surface area contributed by atoms with Crippen molar-refractivity contribution in [2.45, 2.75) is 26.7 Å². The van der Waals surface area contributed by atoms with Crippen LogP contribution in [-0.4, -0.2) is 45.1 Å². The van der Waals surface area contributed by atoms with E-state index in [0.29, 0.717) is 32.5 Å². The van der Waals surface area contributed by atoms with Gasteiger partial charge in [0.1, 0.15) is 0 Å². The van der Waals surface area contributed by atoms with Crippen LogP contribution in [0.2, 0.25) is 0 Å². The number of hydrogen-bond donors (Lipinski definition) is 2. The highest BCUT2D eigenvalue weighted by Gasteiger charge is 2.34. The van der Waals surface area contributed by atoms with Crippen LogP contribution in [0.4, 0.5) is 4.79 Å². The average Bonchev–Trinajstić information content (AvgIpc) is 2.29. The topological polar surface area (TPSA) is 102 Å². The van der Waals surface area contributed by atoms with Gasteiger partial charge in [0, 0.05) is 13.1 Å². The van der Waals surface area contributed by atoms with Gasteiger partial charge in [-0.1, -0.05) is 6.92 Å². The molecule has 0 spiro atoms. The van der Waals surface area contributed by atoms with E-state index in [1.54, 1.807) is 6.92 Å². The van der Waals surface area contributed by atoms with Crippen molar-refractivity contribution in [3.63, 3.8) is 0 Å². The smallest absolute Gasteiger partial charge is 0.421 e. The van der Waals surface area contributed by atoms with Crippen molar-refractivity contribution in [1.29, 1.82) is 0 Å². The van der Waals surface area contributed by atoms with E-state index in [2.05, 4.69) is 4.74 Å². The van der Waals surface area contributed by atoms with Crippen molar-refractivity contribution < 1.29 is 17.9 Å². The zero-order valence-corrected chi connectivity index (χ0v) is 11.6. The first kappa shape index (κ1) is 15.2. The molecule has 0 saturated carbocycles. The van der Waals surface area contributed by atoms with Crippen LogP contribution >= 0.6 is 0 Å². The largest absolute Gasteiger partial charge is 0.449 e. The van der Waals surface area contributed by atoms with Crippen LogP contribution in [0.3, 0.4) is 0 Å². The SMILES string of the molecule is CCOC(=O)NS(=O)(=O)N1CCC(C)(CN)CC1. The molecule has 1 amide bonds. The minimum Gasteiger partial charge on any atom is -0.449 e. The Labute approximate surface area is 108 Å². The average molecular weight is 279 g/mol. The molecule has 8 heteroatoms. The number of ether oxygens (including phenoxy) is 1. The summed E-state index contributed by atoms with van der Waals surface area (Å²) in [5.41, 5.74) is 5.64. The van der Waals surface area contributed by atoms with Gasteiger partial charge in [-0.05, 0) is 31.7 Å². The van der Waals surface area contributed by atoms with Crippen molar-refractivity contribution in [1.82, 2.24) is 9.03 Å². The lowest BCUT2D eigenvalue weighted by Crippen LogP contribution is -2.50. The molecule has 0 aromatic carbocycles. The van der Waals surface area contributed by atoms with Crippen LogP contribution in [0.1, 0.15) is 26.7 Å². The van der Waals surface area contributed by atoms with Crippen LogP contribution < -0.4 is 10.5 Å². The summed E-state index contributed by atoms with van der Waals surface area (Å²) in [5.74, 6) is 0. The maximum absolute atomic E-state index is 11.9. The van der Waals surface area contributed by atoms with Crippen LogP contribution in [-0.2, 0) is 14.9 Å². The summed E-state index contributed by atoms with van der Waals surface area (Å²) in [7, 11) is -3.80. The third kappa shape index (κ3) is 3.82. The lowest BCUT2D eigenvalue weighted by molar-refractivity contribution is 0.155. The first-order chi connectivity index (χ1) is 8.33. The number of rotatable bonds is 4. The second-order valence-electron chi connectivity index (χ2n) is 4.74. The number of hydrogen-bond acceptors (Lipinski definition) is 5. The Morgan fingerprint density at radius 1 is 1.44 bits per heavy atom. The fourth-order valence-corrected chi connectivity index (χ4v) is 2.86. The molecule has 0 radical (unpaired) electrons. The first-order valence-corrected chi connectivity index (χ1v) is 7.42. The highest BCUT2D eigenvalue weighted by atomic mass is 32.2. The van der Waals surface area contributed by atoms with Gasteiger partial charge in [0.05, 0.1) is 6.61 Å². The molecule has 3 N–H and O–H groups in total. The molecule has 0 bridgehead atoms. The van der Waals surface area contributed by atoms with Gasteiger partial charge in [-0.3, -0.25) is 0 Å². The summed E-state index contributed by atoms with van der Waals surface area (Å²) in [4.78, 5) is 11.1. The number of carbonyl (C=O) groups excluding carboxylic acids is 1. The van der Waals surface area contributed by atoms with Crippen LogP contribution in [0.25, 0.3) is 0 Å². The van der Waals surface area contributed by atoms with E-state index in [0.717, 1.165) is 0 Å². The molecule has 1 saturated heterocycles. The van der Waals surface area contributed by atoms with Gasteiger partial charge in [-0.25, -0.2) is 9.52 Å². The van der Waals surface area contributed by atoms with Crippen LogP contribution in [0, 0.1) is 5.41 Å². The Bertz CT molecular complexity index is 388. The van der Waals surface area contributed by atoms with Crippen LogP contribution in [0.5, 0.6) is 0 Å². The number of amides is 1. The molecule has 106 valence electrons. The lowest BCUT2D eigenvalue weighted by atomic mass is 9.81. The number of nitrogens with one attached hydrogen (secondary N) is 1. The molecule has 0 aromatic rings. The number of nitrogens with two attached hydrogens (primary N) is 1. The summed E-state index contributed by atoms with van der Waals surface area (Å²) in [5, 5.41) is 0. The Morgan fingerprint density at radius 2 is 2.00 bits per heavy atom. The third-order valence-electron chi connectivity index (χ3n) is 3.25. The van der Waals surface area contributed by atoms with Gasteiger partial charge in [-0.2, -0.15) is 12.7 Å². The normalized spacial score (nSPS) is 20.4. The molecule has 0 aliphatic carbocycles. The van der Waals surface area contributed by atoms with Gasteiger partial charge in [-0.15, -0.1) is 0 Å². The van der Waals surface area contributed by atoms with Crippen molar-refractivity contribution in [2.24, 2.45) is 11.1 Å². The van der Waals surface area contributed by atoms with Gasteiger partial charge in [0.25, 0.3) is 0 Å². The van der Waals surface area contributed by atoms with Gasteiger partial charge in [0.15, 0.2) is 0 Å². The number of nitrogens with zero attached hydrogens (tertiary/aromatic N) is 1. The summed E-state index contributed by atoms with van der Waals surface area (Å²) < 4.78 is 31.4. The van der Waals surface area contributed by atoms with Gasteiger partial charge in [0.2, 0.25) is 0 Å². The zero-order chi connectivity index (χ0) is 13.8. The Morgan fingerprint density at radius 3 is 2.44 bits per heavy atom. The van der Waals surface area contributed by atoms with Gasteiger partial charge < -0.3 is 10.5 Å². The molecule has 1 rings (SSSR count). The number of piperidine rings is 1. The van der Waals surface area contributed by atoms with Crippen LogP contribution in [0.15, 0.2) is 0 Å². The maximum Gasteiger partial charge on any atom is 0.421 e. The molecule has 1 heterocycles. The Kier molecular flexibility index (Phi) is 4.94. The van der Waals surface area contributed by atoms with Crippen molar-refractivity contribution in [3.8, 4) is 0 Å². The molecular formula is C10H21N3O4S. The minimum absolute atomic E-state index is 0.0179. The van der Waals surface area contributed by atoms with E-state index in [4.69, 9.17) is 5.73 Å². The van der Waals surface area contributed by atoms with E-state index in [-0.39, 0.29) is 12.0 Å². The molecule has 7 nitrogen and oxygen atoms in total. The van der Waals surface area contributed by atoms with E-state index in [1.807, 2.05) is 11.6 Å².